The van der Waals surface area contributed by atoms with E-state index in [1.165, 1.54) is 0 Å². The fraction of sp³-hybridized carbons (Fsp3) is 0.571. The smallest absolute Gasteiger partial charge is 0.316 e. The van der Waals surface area contributed by atoms with Gasteiger partial charge in [-0.3, -0.25) is 20.2 Å². The third-order valence-corrected chi connectivity index (χ3v) is 1.60. The molecule has 1 aliphatic rings. The minimum atomic E-state index is -0.718. The third kappa shape index (κ3) is 2.51. The number of aliphatic hydroxyl groups is 1. The SMILES string of the molecule is CCC(O)CN=C1NC(=O)C(=O)N1. The normalized spacial score (nSPS) is 18.2. The first kappa shape index (κ1) is 9.66. The van der Waals surface area contributed by atoms with E-state index in [2.05, 4.69) is 15.6 Å². The van der Waals surface area contributed by atoms with Crippen molar-refractivity contribution in [3.8, 4) is 0 Å². The molecule has 0 radical (unpaired) electrons. The first-order valence-corrected chi connectivity index (χ1v) is 3.98. The zero-order valence-corrected chi connectivity index (χ0v) is 7.20. The van der Waals surface area contributed by atoms with Gasteiger partial charge in [-0.25, -0.2) is 4.99 Å². The van der Waals surface area contributed by atoms with Crippen molar-refractivity contribution in [2.75, 3.05) is 6.54 Å². The highest BCUT2D eigenvalue weighted by Crippen LogP contribution is 1.91. The molecule has 3 N–H and O–H groups in total. The molecule has 1 atom stereocenters. The molecule has 0 aromatic carbocycles. The van der Waals surface area contributed by atoms with E-state index in [1.807, 2.05) is 6.92 Å². The topological polar surface area (TPSA) is 90.8 Å². The van der Waals surface area contributed by atoms with Gasteiger partial charge < -0.3 is 5.11 Å². The number of carbonyl (C=O) groups is 2. The molecule has 2 amide bonds. The van der Waals surface area contributed by atoms with Crippen LogP contribution in [0.1, 0.15) is 13.3 Å². The molecule has 1 fully saturated rings. The van der Waals surface area contributed by atoms with Gasteiger partial charge >= 0.3 is 11.8 Å². The Morgan fingerprint density at radius 2 is 1.92 bits per heavy atom. The van der Waals surface area contributed by atoms with E-state index in [9.17, 15) is 9.59 Å². The lowest BCUT2D eigenvalue weighted by Crippen LogP contribution is -2.27. The fourth-order valence-corrected chi connectivity index (χ4v) is 0.765. The number of aliphatic imine (C=N–C) groups is 1. The number of rotatable bonds is 3. The van der Waals surface area contributed by atoms with Crippen molar-refractivity contribution >= 4 is 17.8 Å². The fourth-order valence-electron chi connectivity index (χ4n) is 0.765. The lowest BCUT2D eigenvalue weighted by molar-refractivity contribution is -0.135. The Hall–Kier alpha value is -1.43. The van der Waals surface area contributed by atoms with Gasteiger partial charge in [0.1, 0.15) is 0 Å². The van der Waals surface area contributed by atoms with Crippen molar-refractivity contribution in [3.63, 3.8) is 0 Å². The summed E-state index contributed by atoms with van der Waals surface area (Å²) in [5.41, 5.74) is 0. The van der Waals surface area contributed by atoms with E-state index in [4.69, 9.17) is 5.11 Å². The predicted molar refractivity (Wildman–Crippen MR) is 44.9 cm³/mol. The number of hydrogen-bond acceptors (Lipinski definition) is 4. The molecule has 1 aliphatic heterocycles. The summed E-state index contributed by atoms with van der Waals surface area (Å²) >= 11 is 0. The number of nitrogens with one attached hydrogen (secondary N) is 2. The largest absolute Gasteiger partial charge is 0.391 e. The summed E-state index contributed by atoms with van der Waals surface area (Å²) in [5, 5.41) is 13.6. The molecule has 72 valence electrons. The van der Waals surface area contributed by atoms with E-state index < -0.39 is 17.9 Å². The first-order chi connectivity index (χ1) is 6.13. The van der Waals surface area contributed by atoms with Crippen molar-refractivity contribution in [2.45, 2.75) is 19.4 Å². The standard InChI is InChI=1S/C7H11N3O3/c1-2-4(11)3-8-7-9-5(12)6(13)10-7/h4,11H,2-3H2,1H3,(H2,8,9,10,12,13). The van der Waals surface area contributed by atoms with E-state index in [-0.39, 0.29) is 12.5 Å². The maximum Gasteiger partial charge on any atom is 0.316 e. The summed E-state index contributed by atoms with van der Waals surface area (Å²) in [5.74, 6) is -1.32. The van der Waals surface area contributed by atoms with E-state index >= 15 is 0 Å². The summed E-state index contributed by atoms with van der Waals surface area (Å²) < 4.78 is 0. The summed E-state index contributed by atoms with van der Waals surface area (Å²) in [6, 6.07) is 0. The van der Waals surface area contributed by atoms with E-state index in [1.54, 1.807) is 0 Å². The lowest BCUT2D eigenvalue weighted by Gasteiger charge is -2.02. The van der Waals surface area contributed by atoms with Gasteiger partial charge in [-0.2, -0.15) is 0 Å². The summed E-state index contributed by atoms with van der Waals surface area (Å²) in [7, 11) is 0. The molecule has 0 aromatic heterocycles. The highest BCUT2D eigenvalue weighted by molar-refractivity contribution is 6.45. The second kappa shape index (κ2) is 3.99. The Morgan fingerprint density at radius 3 is 2.38 bits per heavy atom. The summed E-state index contributed by atoms with van der Waals surface area (Å²) in [6.07, 6.45) is 0.0421. The molecule has 0 saturated carbocycles. The maximum atomic E-state index is 10.6. The number of carbonyl (C=O) groups excluding carboxylic acids is 2. The van der Waals surface area contributed by atoms with Gasteiger partial charge in [-0.15, -0.1) is 0 Å². The van der Waals surface area contributed by atoms with Gasteiger partial charge in [0.2, 0.25) is 5.96 Å². The molecule has 6 nitrogen and oxygen atoms in total. The van der Waals surface area contributed by atoms with Crippen LogP contribution in [0, 0.1) is 0 Å². The third-order valence-electron chi connectivity index (χ3n) is 1.60. The van der Waals surface area contributed by atoms with Crippen molar-refractivity contribution in [3.05, 3.63) is 0 Å². The molecule has 1 rings (SSSR count). The van der Waals surface area contributed by atoms with Crippen LogP contribution in [0.2, 0.25) is 0 Å². The van der Waals surface area contributed by atoms with E-state index in [0.29, 0.717) is 6.42 Å². The average Bonchev–Trinajstić information content (AvgIpc) is 2.42. The second-order valence-corrected chi connectivity index (χ2v) is 2.66. The highest BCUT2D eigenvalue weighted by Gasteiger charge is 2.24. The second-order valence-electron chi connectivity index (χ2n) is 2.66. The molecule has 1 saturated heterocycles. The molecule has 0 aromatic rings. The van der Waals surface area contributed by atoms with Crippen LogP contribution >= 0.6 is 0 Å². The minimum Gasteiger partial charge on any atom is -0.391 e. The van der Waals surface area contributed by atoms with Crippen molar-refractivity contribution in [2.24, 2.45) is 4.99 Å². The number of nitrogens with zero attached hydrogens (tertiary/aromatic N) is 1. The number of aliphatic hydroxyl groups excluding tert-OH is 1. The molecule has 13 heavy (non-hydrogen) atoms. The predicted octanol–water partition coefficient (Wildman–Crippen LogP) is -1.64. The van der Waals surface area contributed by atoms with Crippen LogP contribution in [-0.4, -0.2) is 35.5 Å². The molecule has 6 heteroatoms. The summed E-state index contributed by atoms with van der Waals surface area (Å²) in [6.45, 7) is 1.99. The first-order valence-electron chi connectivity index (χ1n) is 3.98. The van der Waals surface area contributed by atoms with Crippen LogP contribution in [0.3, 0.4) is 0 Å². The van der Waals surface area contributed by atoms with Crippen molar-refractivity contribution < 1.29 is 14.7 Å². The Morgan fingerprint density at radius 1 is 1.38 bits per heavy atom. The molecule has 1 unspecified atom stereocenters. The van der Waals surface area contributed by atoms with Gasteiger partial charge in [0.25, 0.3) is 0 Å². The van der Waals surface area contributed by atoms with Gasteiger partial charge in [0, 0.05) is 0 Å². The molecule has 1 heterocycles. The van der Waals surface area contributed by atoms with Crippen LogP contribution in [0.5, 0.6) is 0 Å². The maximum absolute atomic E-state index is 10.6. The molecule has 0 bridgehead atoms. The van der Waals surface area contributed by atoms with Gasteiger partial charge in [-0.05, 0) is 6.42 Å². The van der Waals surface area contributed by atoms with Crippen LogP contribution in [-0.2, 0) is 9.59 Å². The number of amides is 2. The Labute approximate surface area is 75.0 Å². The molecule has 0 aliphatic carbocycles. The quantitative estimate of drug-likeness (QED) is 0.460. The van der Waals surface area contributed by atoms with Crippen LogP contribution in [0.15, 0.2) is 4.99 Å². The Balaban J connectivity index is 2.46. The minimum absolute atomic E-state index is 0.113. The van der Waals surface area contributed by atoms with Gasteiger partial charge in [0.15, 0.2) is 0 Å². The molecule has 0 spiro atoms. The average molecular weight is 185 g/mol. The Bertz CT molecular complexity index is 244. The van der Waals surface area contributed by atoms with Gasteiger partial charge in [-0.1, -0.05) is 6.92 Å². The van der Waals surface area contributed by atoms with Crippen molar-refractivity contribution in [1.29, 1.82) is 0 Å². The van der Waals surface area contributed by atoms with Gasteiger partial charge in [0.05, 0.1) is 12.6 Å². The molecular weight excluding hydrogens is 174 g/mol. The lowest BCUT2D eigenvalue weighted by atomic mass is 10.3. The number of hydrogen-bond donors (Lipinski definition) is 3. The number of guanidine groups is 1. The zero-order chi connectivity index (χ0) is 9.84. The zero-order valence-electron chi connectivity index (χ0n) is 7.20. The van der Waals surface area contributed by atoms with E-state index in [0.717, 1.165) is 0 Å². The van der Waals surface area contributed by atoms with Crippen LogP contribution in [0.25, 0.3) is 0 Å². The van der Waals surface area contributed by atoms with Crippen LogP contribution < -0.4 is 10.6 Å². The van der Waals surface area contributed by atoms with Crippen LogP contribution in [0.4, 0.5) is 0 Å². The monoisotopic (exact) mass is 185 g/mol. The Kier molecular flexibility index (Phi) is 2.97. The molecular formula is C7H11N3O3. The highest BCUT2D eigenvalue weighted by atomic mass is 16.3. The van der Waals surface area contributed by atoms with Crippen molar-refractivity contribution in [1.82, 2.24) is 10.6 Å². The summed E-state index contributed by atoms with van der Waals surface area (Å²) in [4.78, 5) is 25.1.